The molecule has 1 heterocycles. The molecule has 0 saturated carbocycles. The van der Waals surface area contributed by atoms with Crippen LogP contribution in [0, 0.1) is 0 Å². The van der Waals surface area contributed by atoms with Crippen LogP contribution in [0.25, 0.3) is 17.2 Å². The Bertz CT molecular complexity index is 886. The maximum Gasteiger partial charge on any atom is 0.430 e. The van der Waals surface area contributed by atoms with E-state index < -0.39 is 23.8 Å². The SMILES string of the molecule is CCc1ccc(-c2cc(Cl)cc3c2O[C@@H](C(F)(F)F)C(C(=O)O)=C3)cc1. The number of rotatable bonds is 3. The molecule has 2 aromatic carbocycles. The lowest BCUT2D eigenvalue weighted by atomic mass is 9.95. The zero-order valence-electron chi connectivity index (χ0n) is 13.6. The Kier molecular flexibility index (Phi) is 4.71. The van der Waals surface area contributed by atoms with E-state index >= 15 is 0 Å². The molecular formula is C19H14ClF3O3. The van der Waals surface area contributed by atoms with Crippen LogP contribution in [0.5, 0.6) is 5.75 Å². The molecule has 1 atom stereocenters. The van der Waals surface area contributed by atoms with Crippen LogP contribution in [-0.4, -0.2) is 23.4 Å². The van der Waals surface area contributed by atoms with Gasteiger partial charge in [0.15, 0.2) is 0 Å². The van der Waals surface area contributed by atoms with Crippen LogP contribution >= 0.6 is 11.6 Å². The lowest BCUT2D eigenvalue weighted by Crippen LogP contribution is -2.40. The zero-order valence-corrected chi connectivity index (χ0v) is 14.4. The third-order valence-electron chi connectivity index (χ3n) is 4.13. The van der Waals surface area contributed by atoms with E-state index in [0.29, 0.717) is 11.1 Å². The van der Waals surface area contributed by atoms with Crippen molar-refractivity contribution >= 4 is 23.6 Å². The van der Waals surface area contributed by atoms with Gasteiger partial charge >= 0.3 is 12.1 Å². The van der Waals surface area contributed by atoms with Crippen molar-refractivity contribution in [1.82, 2.24) is 0 Å². The van der Waals surface area contributed by atoms with Crippen LogP contribution in [0.3, 0.4) is 0 Å². The molecule has 136 valence electrons. The number of aliphatic carboxylic acids is 1. The van der Waals surface area contributed by atoms with Gasteiger partial charge < -0.3 is 9.84 Å². The van der Waals surface area contributed by atoms with Crippen molar-refractivity contribution in [3.63, 3.8) is 0 Å². The van der Waals surface area contributed by atoms with Gasteiger partial charge in [-0.25, -0.2) is 4.79 Å². The first-order chi connectivity index (χ1) is 12.2. The van der Waals surface area contributed by atoms with Crippen LogP contribution in [0.1, 0.15) is 18.1 Å². The molecule has 1 N–H and O–H groups in total. The molecule has 1 aliphatic rings. The van der Waals surface area contributed by atoms with E-state index in [2.05, 4.69) is 0 Å². The third kappa shape index (κ3) is 3.42. The summed E-state index contributed by atoms with van der Waals surface area (Å²) in [4.78, 5) is 11.3. The minimum Gasteiger partial charge on any atom is -0.478 e. The Morgan fingerprint density at radius 3 is 2.42 bits per heavy atom. The topological polar surface area (TPSA) is 46.5 Å². The summed E-state index contributed by atoms with van der Waals surface area (Å²) in [6.45, 7) is 1.99. The number of halogens is 4. The molecule has 3 rings (SSSR count). The highest BCUT2D eigenvalue weighted by Crippen LogP contribution is 2.44. The van der Waals surface area contributed by atoms with E-state index in [1.54, 1.807) is 12.1 Å². The van der Waals surface area contributed by atoms with Gasteiger partial charge in [0, 0.05) is 16.1 Å². The Balaban J connectivity index is 2.18. The molecular weight excluding hydrogens is 369 g/mol. The van der Waals surface area contributed by atoms with Crippen molar-refractivity contribution in [2.24, 2.45) is 0 Å². The molecule has 26 heavy (non-hydrogen) atoms. The van der Waals surface area contributed by atoms with E-state index in [1.165, 1.54) is 12.1 Å². The number of hydrogen-bond donors (Lipinski definition) is 1. The molecule has 0 saturated heterocycles. The number of carbonyl (C=O) groups is 1. The van der Waals surface area contributed by atoms with Gasteiger partial charge in [-0.2, -0.15) is 13.2 Å². The predicted octanol–water partition coefficient (Wildman–Crippen LogP) is 5.36. The number of ether oxygens (including phenoxy) is 1. The molecule has 1 aliphatic heterocycles. The summed E-state index contributed by atoms with van der Waals surface area (Å²) >= 11 is 6.09. The highest BCUT2D eigenvalue weighted by Gasteiger charge is 2.48. The summed E-state index contributed by atoms with van der Waals surface area (Å²) in [7, 11) is 0. The molecule has 0 spiro atoms. The summed E-state index contributed by atoms with van der Waals surface area (Å²) in [5.74, 6) is -1.72. The highest BCUT2D eigenvalue weighted by atomic mass is 35.5. The van der Waals surface area contributed by atoms with Crippen LogP contribution in [0.2, 0.25) is 5.02 Å². The molecule has 0 radical (unpaired) electrons. The first-order valence-electron chi connectivity index (χ1n) is 7.81. The molecule has 0 amide bonds. The standard InChI is InChI=1S/C19H14ClF3O3/c1-2-10-3-5-11(6-4-10)14-9-13(20)7-12-8-15(18(24)25)17(19(21,22)23)26-16(12)14/h3-9,17H,2H2,1H3,(H,24,25)/t17-/m1/s1. The predicted molar refractivity (Wildman–Crippen MR) is 92.3 cm³/mol. The zero-order chi connectivity index (χ0) is 19.1. The van der Waals surface area contributed by atoms with E-state index in [0.717, 1.165) is 18.1 Å². The maximum absolute atomic E-state index is 13.3. The van der Waals surface area contributed by atoms with Gasteiger partial charge in [-0.15, -0.1) is 0 Å². The van der Waals surface area contributed by atoms with E-state index in [-0.39, 0.29) is 16.3 Å². The van der Waals surface area contributed by atoms with Crippen LogP contribution in [0.4, 0.5) is 13.2 Å². The largest absolute Gasteiger partial charge is 0.478 e. The van der Waals surface area contributed by atoms with Gasteiger partial charge in [-0.3, -0.25) is 0 Å². The number of carboxylic acid groups (broad SMARTS) is 1. The summed E-state index contributed by atoms with van der Waals surface area (Å²) in [5.41, 5.74) is 1.41. The second kappa shape index (κ2) is 6.68. The van der Waals surface area contributed by atoms with Crippen molar-refractivity contribution in [3.8, 4) is 16.9 Å². The molecule has 2 aromatic rings. The van der Waals surface area contributed by atoms with Gasteiger partial charge in [0.2, 0.25) is 6.10 Å². The summed E-state index contributed by atoms with van der Waals surface area (Å²) in [6.07, 6.45) is -5.60. The Labute approximate surface area is 152 Å². The summed E-state index contributed by atoms with van der Waals surface area (Å²) in [5, 5.41) is 9.40. The summed E-state index contributed by atoms with van der Waals surface area (Å²) in [6, 6.07) is 10.2. The van der Waals surface area contributed by atoms with Gasteiger partial charge in [-0.1, -0.05) is 42.8 Å². The van der Waals surface area contributed by atoms with Crippen LogP contribution < -0.4 is 4.74 Å². The average Bonchev–Trinajstić information content (AvgIpc) is 2.59. The second-order valence-electron chi connectivity index (χ2n) is 5.87. The summed E-state index contributed by atoms with van der Waals surface area (Å²) < 4.78 is 45.0. The minimum absolute atomic E-state index is 0.0361. The van der Waals surface area contributed by atoms with Crippen molar-refractivity contribution < 1.29 is 27.8 Å². The number of fused-ring (bicyclic) bond motifs is 1. The van der Waals surface area contributed by atoms with Crippen molar-refractivity contribution in [3.05, 3.63) is 58.1 Å². The molecule has 3 nitrogen and oxygen atoms in total. The Hall–Kier alpha value is -2.47. The molecule has 0 aliphatic carbocycles. The number of benzene rings is 2. The quantitative estimate of drug-likeness (QED) is 0.777. The Morgan fingerprint density at radius 1 is 1.23 bits per heavy atom. The first-order valence-corrected chi connectivity index (χ1v) is 8.19. The van der Waals surface area contributed by atoms with Crippen molar-refractivity contribution in [2.45, 2.75) is 25.6 Å². The normalized spacial score (nSPS) is 16.5. The number of carboxylic acids is 1. The molecule has 0 bridgehead atoms. The fourth-order valence-corrected chi connectivity index (χ4v) is 3.06. The monoisotopic (exact) mass is 382 g/mol. The van der Waals surface area contributed by atoms with E-state index in [1.807, 2.05) is 19.1 Å². The van der Waals surface area contributed by atoms with Crippen molar-refractivity contribution in [1.29, 1.82) is 0 Å². The average molecular weight is 383 g/mol. The number of aryl methyl sites for hydroxylation is 1. The van der Waals surface area contributed by atoms with Gasteiger partial charge in [0.25, 0.3) is 0 Å². The number of alkyl halides is 3. The minimum atomic E-state index is -4.86. The van der Waals surface area contributed by atoms with Crippen LogP contribution in [0.15, 0.2) is 42.0 Å². The van der Waals surface area contributed by atoms with E-state index in [9.17, 15) is 18.0 Å². The highest BCUT2D eigenvalue weighted by molar-refractivity contribution is 6.31. The maximum atomic E-state index is 13.3. The lowest BCUT2D eigenvalue weighted by Gasteiger charge is -2.28. The lowest BCUT2D eigenvalue weighted by molar-refractivity contribution is -0.187. The third-order valence-corrected chi connectivity index (χ3v) is 4.35. The Morgan fingerprint density at radius 2 is 1.88 bits per heavy atom. The van der Waals surface area contributed by atoms with Gasteiger partial charge in [0.05, 0.1) is 5.57 Å². The molecule has 0 aromatic heterocycles. The van der Waals surface area contributed by atoms with Crippen molar-refractivity contribution in [2.75, 3.05) is 0 Å². The fraction of sp³-hybridized carbons (Fsp3) is 0.211. The first kappa shape index (κ1) is 18.3. The fourth-order valence-electron chi connectivity index (χ4n) is 2.83. The van der Waals surface area contributed by atoms with E-state index in [4.69, 9.17) is 21.4 Å². The van der Waals surface area contributed by atoms with Gasteiger partial charge in [0.1, 0.15) is 5.75 Å². The smallest absolute Gasteiger partial charge is 0.430 e. The number of hydrogen-bond acceptors (Lipinski definition) is 2. The van der Waals surface area contributed by atoms with Gasteiger partial charge in [-0.05, 0) is 35.8 Å². The molecule has 7 heteroatoms. The van der Waals surface area contributed by atoms with Crippen LogP contribution in [-0.2, 0) is 11.2 Å². The second-order valence-corrected chi connectivity index (χ2v) is 6.30. The molecule has 0 unspecified atom stereocenters. The molecule has 0 fully saturated rings.